The summed E-state index contributed by atoms with van der Waals surface area (Å²) in [5.41, 5.74) is 1.96. The van der Waals surface area contributed by atoms with E-state index in [4.69, 9.17) is 0 Å². The summed E-state index contributed by atoms with van der Waals surface area (Å²) in [5.74, 6) is 0.165. The van der Waals surface area contributed by atoms with Crippen LogP contribution in [-0.4, -0.2) is 32.9 Å². The van der Waals surface area contributed by atoms with Crippen molar-refractivity contribution in [1.82, 2.24) is 14.5 Å². The third kappa shape index (κ3) is 3.73. The minimum atomic E-state index is 0.165. The molecule has 0 radical (unpaired) electrons. The first kappa shape index (κ1) is 17.0. The molecule has 0 unspecified atom stereocenters. The van der Waals surface area contributed by atoms with Crippen LogP contribution < -0.4 is 0 Å². The van der Waals surface area contributed by atoms with Crippen LogP contribution in [0.2, 0.25) is 0 Å². The van der Waals surface area contributed by atoms with Crippen molar-refractivity contribution < 1.29 is 4.79 Å². The van der Waals surface area contributed by atoms with Crippen molar-refractivity contribution in [2.45, 2.75) is 38.3 Å². The molecule has 1 fully saturated rings. The fraction of sp³-hybridized carbons (Fsp3) is 0.333. The van der Waals surface area contributed by atoms with Gasteiger partial charge in [0.1, 0.15) is 0 Å². The number of rotatable bonds is 5. The first-order valence-corrected chi connectivity index (χ1v) is 10.1. The lowest BCUT2D eigenvalue weighted by Gasteiger charge is -2.36. The van der Waals surface area contributed by atoms with Crippen molar-refractivity contribution in [3.05, 3.63) is 66.1 Å². The van der Waals surface area contributed by atoms with E-state index in [0.717, 1.165) is 37.9 Å². The molecule has 4 rings (SSSR count). The molecule has 2 aromatic heterocycles. The van der Waals surface area contributed by atoms with Crippen LogP contribution in [-0.2, 0) is 6.54 Å². The van der Waals surface area contributed by atoms with Gasteiger partial charge >= 0.3 is 0 Å². The van der Waals surface area contributed by atoms with Crippen LogP contribution in [0, 0.1) is 0 Å². The lowest BCUT2D eigenvalue weighted by atomic mass is 9.98. The summed E-state index contributed by atoms with van der Waals surface area (Å²) >= 11 is 1.72. The third-order valence-electron chi connectivity index (χ3n) is 5.11. The van der Waals surface area contributed by atoms with Crippen LogP contribution in [0.25, 0.3) is 10.4 Å². The largest absolute Gasteiger partial charge is 0.337 e. The predicted octanol–water partition coefficient (Wildman–Crippen LogP) is 4.70. The Balaban J connectivity index is 1.46. The Morgan fingerprint density at radius 3 is 2.81 bits per heavy atom. The molecule has 0 aliphatic carbocycles. The van der Waals surface area contributed by atoms with E-state index < -0.39 is 0 Å². The van der Waals surface area contributed by atoms with Crippen LogP contribution in [0.5, 0.6) is 0 Å². The SMILES string of the molecule is O=C(c1ccc(-c2cccs2)cc1)N1CCCC[C@@H]1CCn1ccnc1. The van der Waals surface area contributed by atoms with Gasteiger partial charge in [0.15, 0.2) is 0 Å². The molecule has 4 nitrogen and oxygen atoms in total. The summed E-state index contributed by atoms with van der Waals surface area (Å²) in [5, 5.41) is 2.08. The van der Waals surface area contributed by atoms with Crippen molar-refractivity contribution in [3.8, 4) is 10.4 Å². The maximum absolute atomic E-state index is 13.1. The number of benzene rings is 1. The fourth-order valence-electron chi connectivity index (χ4n) is 3.67. The highest BCUT2D eigenvalue weighted by atomic mass is 32.1. The number of carbonyl (C=O) groups excluding carboxylic acids is 1. The van der Waals surface area contributed by atoms with Crippen molar-refractivity contribution in [3.63, 3.8) is 0 Å². The molecule has 1 amide bonds. The Bertz CT molecular complexity index is 825. The van der Waals surface area contributed by atoms with E-state index in [-0.39, 0.29) is 5.91 Å². The van der Waals surface area contributed by atoms with Gasteiger partial charge in [-0.2, -0.15) is 0 Å². The number of thiophene rings is 1. The molecule has 1 aliphatic rings. The number of aryl methyl sites for hydroxylation is 1. The van der Waals surface area contributed by atoms with Crippen LogP contribution in [0.3, 0.4) is 0 Å². The second-order valence-electron chi connectivity index (χ2n) is 6.79. The van der Waals surface area contributed by atoms with Crippen molar-refractivity contribution in [1.29, 1.82) is 0 Å². The zero-order valence-corrected chi connectivity index (χ0v) is 15.6. The molecule has 1 aromatic carbocycles. The topological polar surface area (TPSA) is 38.1 Å². The second kappa shape index (κ2) is 7.87. The van der Waals surface area contributed by atoms with Gasteiger partial charge < -0.3 is 9.47 Å². The Hall–Kier alpha value is -2.40. The zero-order valence-electron chi connectivity index (χ0n) is 14.8. The van der Waals surface area contributed by atoms with E-state index in [2.05, 4.69) is 44.1 Å². The van der Waals surface area contributed by atoms with Gasteiger partial charge in [-0.05, 0) is 54.8 Å². The number of carbonyl (C=O) groups is 1. The normalized spacial score (nSPS) is 17.4. The summed E-state index contributed by atoms with van der Waals surface area (Å²) in [7, 11) is 0. The summed E-state index contributed by atoms with van der Waals surface area (Å²) in [4.78, 5) is 20.5. The van der Waals surface area contributed by atoms with Gasteiger partial charge in [0.05, 0.1) is 6.33 Å². The summed E-state index contributed by atoms with van der Waals surface area (Å²) in [6.45, 7) is 1.77. The average Bonchev–Trinajstić information content (AvgIpc) is 3.40. The maximum Gasteiger partial charge on any atom is 0.254 e. The number of amides is 1. The monoisotopic (exact) mass is 365 g/mol. The summed E-state index contributed by atoms with van der Waals surface area (Å²) < 4.78 is 2.09. The lowest BCUT2D eigenvalue weighted by molar-refractivity contribution is 0.0595. The van der Waals surface area contributed by atoms with Gasteiger partial charge in [-0.3, -0.25) is 4.79 Å². The van der Waals surface area contributed by atoms with E-state index in [1.807, 2.05) is 24.7 Å². The summed E-state index contributed by atoms with van der Waals surface area (Å²) in [6.07, 6.45) is 10.0. The smallest absolute Gasteiger partial charge is 0.254 e. The molecule has 134 valence electrons. The van der Waals surface area contributed by atoms with Gasteiger partial charge in [0.25, 0.3) is 5.91 Å². The molecule has 1 atom stereocenters. The highest BCUT2D eigenvalue weighted by Gasteiger charge is 2.27. The van der Waals surface area contributed by atoms with E-state index >= 15 is 0 Å². The first-order chi connectivity index (χ1) is 12.8. The molecule has 1 saturated heterocycles. The zero-order chi connectivity index (χ0) is 17.8. The molecule has 0 bridgehead atoms. The second-order valence-corrected chi connectivity index (χ2v) is 7.74. The number of aromatic nitrogens is 2. The molecule has 0 N–H and O–H groups in total. The predicted molar refractivity (Wildman–Crippen MR) is 105 cm³/mol. The lowest BCUT2D eigenvalue weighted by Crippen LogP contribution is -2.44. The fourth-order valence-corrected chi connectivity index (χ4v) is 4.40. The molecular weight excluding hydrogens is 342 g/mol. The van der Waals surface area contributed by atoms with Gasteiger partial charge in [0.2, 0.25) is 0 Å². The van der Waals surface area contributed by atoms with Gasteiger partial charge in [-0.15, -0.1) is 11.3 Å². The Kier molecular flexibility index (Phi) is 5.16. The van der Waals surface area contributed by atoms with E-state index in [1.54, 1.807) is 17.5 Å². The molecule has 5 heteroatoms. The molecule has 0 saturated carbocycles. The molecule has 3 aromatic rings. The van der Waals surface area contributed by atoms with Crippen LogP contribution in [0.4, 0.5) is 0 Å². The highest BCUT2D eigenvalue weighted by molar-refractivity contribution is 7.13. The first-order valence-electron chi connectivity index (χ1n) is 9.22. The van der Waals surface area contributed by atoms with Gasteiger partial charge in [-0.1, -0.05) is 18.2 Å². The maximum atomic E-state index is 13.1. The average molecular weight is 366 g/mol. The summed E-state index contributed by atoms with van der Waals surface area (Å²) in [6, 6.07) is 12.5. The molecule has 1 aliphatic heterocycles. The molecule has 0 spiro atoms. The van der Waals surface area contributed by atoms with E-state index in [1.165, 1.54) is 16.9 Å². The Morgan fingerprint density at radius 1 is 1.19 bits per heavy atom. The van der Waals surface area contributed by atoms with Crippen molar-refractivity contribution >= 4 is 17.2 Å². The minimum Gasteiger partial charge on any atom is -0.337 e. The molecule has 3 heterocycles. The number of piperidine rings is 1. The van der Waals surface area contributed by atoms with Crippen LogP contribution in [0.1, 0.15) is 36.0 Å². The Labute approximate surface area is 158 Å². The Morgan fingerprint density at radius 2 is 2.08 bits per heavy atom. The molecule has 26 heavy (non-hydrogen) atoms. The van der Waals surface area contributed by atoms with Crippen LogP contribution >= 0.6 is 11.3 Å². The number of hydrogen-bond acceptors (Lipinski definition) is 3. The number of likely N-dealkylation sites (tertiary alicyclic amines) is 1. The van der Waals surface area contributed by atoms with E-state index in [9.17, 15) is 4.79 Å². The standard InChI is InChI=1S/C21H23N3OS/c25-21(18-8-6-17(7-9-18)20-5-3-15-26-20)24-12-2-1-4-19(24)10-13-23-14-11-22-16-23/h3,5-9,11,14-16,19H,1-2,4,10,12-13H2/t19-/m1/s1. The highest BCUT2D eigenvalue weighted by Crippen LogP contribution is 2.26. The number of nitrogens with zero attached hydrogens (tertiary/aromatic N) is 3. The van der Waals surface area contributed by atoms with Crippen molar-refractivity contribution in [2.24, 2.45) is 0 Å². The number of hydrogen-bond donors (Lipinski definition) is 0. The quantitative estimate of drug-likeness (QED) is 0.657. The van der Waals surface area contributed by atoms with Gasteiger partial charge in [-0.25, -0.2) is 4.98 Å². The minimum absolute atomic E-state index is 0.165. The van der Waals surface area contributed by atoms with E-state index in [0.29, 0.717) is 6.04 Å². The van der Waals surface area contributed by atoms with Gasteiger partial charge in [0, 0.05) is 42.0 Å². The number of imidazole rings is 1. The van der Waals surface area contributed by atoms with Crippen LogP contribution in [0.15, 0.2) is 60.5 Å². The third-order valence-corrected chi connectivity index (χ3v) is 6.02. The van der Waals surface area contributed by atoms with Crippen molar-refractivity contribution in [2.75, 3.05) is 6.54 Å². The molecular formula is C21H23N3OS.